The highest BCUT2D eigenvalue weighted by atomic mass is 32.1. The van der Waals surface area contributed by atoms with Gasteiger partial charge in [-0.05, 0) is 26.2 Å². The molecule has 2 rings (SSSR count). The Labute approximate surface area is 103 Å². The number of nitrogens with zero attached hydrogens (tertiary/aromatic N) is 2. The lowest BCUT2D eigenvalue weighted by atomic mass is 10.0. The molecular formula is C11H14N2O3S. The van der Waals surface area contributed by atoms with Gasteiger partial charge in [-0.3, -0.25) is 4.79 Å². The normalized spacial score (nSPS) is 20.3. The molecule has 0 saturated carbocycles. The van der Waals surface area contributed by atoms with E-state index in [1.807, 2.05) is 6.92 Å². The van der Waals surface area contributed by atoms with Crippen LogP contribution in [0.1, 0.15) is 33.9 Å². The molecule has 1 aliphatic rings. The molecule has 0 bridgehead atoms. The van der Waals surface area contributed by atoms with Gasteiger partial charge in [0.25, 0.3) is 5.91 Å². The third-order valence-corrected chi connectivity index (χ3v) is 3.78. The number of carboxylic acids is 1. The van der Waals surface area contributed by atoms with Crippen molar-refractivity contribution in [2.45, 2.75) is 32.2 Å². The van der Waals surface area contributed by atoms with Crippen LogP contribution >= 0.6 is 11.3 Å². The number of piperidine rings is 1. The van der Waals surface area contributed by atoms with E-state index >= 15 is 0 Å². The van der Waals surface area contributed by atoms with Gasteiger partial charge in [-0.15, -0.1) is 11.3 Å². The minimum absolute atomic E-state index is 0.206. The van der Waals surface area contributed by atoms with Crippen molar-refractivity contribution in [3.8, 4) is 0 Å². The summed E-state index contributed by atoms with van der Waals surface area (Å²) in [5.41, 5.74) is 0. The SMILES string of the molecule is Cc1ncc(C(=O)N2CCCC[C@H]2C(=O)O)s1. The molecule has 0 aromatic carbocycles. The average molecular weight is 254 g/mol. The van der Waals surface area contributed by atoms with Gasteiger partial charge >= 0.3 is 5.97 Å². The van der Waals surface area contributed by atoms with Crippen molar-refractivity contribution in [2.75, 3.05) is 6.54 Å². The van der Waals surface area contributed by atoms with Crippen LogP contribution in [0.4, 0.5) is 0 Å². The number of hydrogen-bond donors (Lipinski definition) is 1. The summed E-state index contributed by atoms with van der Waals surface area (Å²) in [5.74, 6) is -1.12. The second kappa shape index (κ2) is 4.83. The standard InChI is InChI=1S/C11H14N2O3S/c1-7-12-6-9(17-7)10(14)13-5-3-2-4-8(13)11(15)16/h6,8H,2-5H2,1H3,(H,15,16)/t8-/m0/s1. The van der Waals surface area contributed by atoms with Crippen LogP contribution < -0.4 is 0 Å². The summed E-state index contributed by atoms with van der Waals surface area (Å²) in [6.07, 6.45) is 3.80. The predicted octanol–water partition coefficient (Wildman–Crippen LogP) is 1.53. The number of carboxylic acid groups (broad SMARTS) is 1. The number of carbonyl (C=O) groups excluding carboxylic acids is 1. The van der Waals surface area contributed by atoms with Crippen molar-refractivity contribution in [3.05, 3.63) is 16.1 Å². The molecule has 5 nitrogen and oxygen atoms in total. The molecule has 2 heterocycles. The third-order valence-electron chi connectivity index (χ3n) is 2.88. The molecule has 0 spiro atoms. The monoisotopic (exact) mass is 254 g/mol. The van der Waals surface area contributed by atoms with Gasteiger partial charge in [0.2, 0.25) is 0 Å². The molecule has 0 aliphatic carbocycles. The highest BCUT2D eigenvalue weighted by molar-refractivity contribution is 7.13. The van der Waals surface area contributed by atoms with E-state index < -0.39 is 12.0 Å². The molecule has 1 fully saturated rings. The van der Waals surface area contributed by atoms with Crippen molar-refractivity contribution in [1.29, 1.82) is 0 Å². The van der Waals surface area contributed by atoms with Gasteiger partial charge < -0.3 is 10.0 Å². The molecule has 1 amide bonds. The Morgan fingerprint density at radius 3 is 2.88 bits per heavy atom. The highest BCUT2D eigenvalue weighted by Crippen LogP contribution is 2.22. The van der Waals surface area contributed by atoms with Crippen molar-refractivity contribution < 1.29 is 14.7 Å². The van der Waals surface area contributed by atoms with E-state index in [0.717, 1.165) is 17.8 Å². The lowest BCUT2D eigenvalue weighted by Gasteiger charge is -2.32. The van der Waals surface area contributed by atoms with Gasteiger partial charge in [0.15, 0.2) is 0 Å². The van der Waals surface area contributed by atoms with Gasteiger partial charge in [0, 0.05) is 6.54 Å². The molecule has 1 saturated heterocycles. The van der Waals surface area contributed by atoms with E-state index in [-0.39, 0.29) is 5.91 Å². The van der Waals surface area contributed by atoms with Crippen molar-refractivity contribution in [1.82, 2.24) is 9.88 Å². The number of hydrogen-bond acceptors (Lipinski definition) is 4. The zero-order chi connectivity index (χ0) is 12.4. The van der Waals surface area contributed by atoms with E-state index in [2.05, 4.69) is 4.98 Å². The number of thiazole rings is 1. The van der Waals surface area contributed by atoms with E-state index in [0.29, 0.717) is 17.8 Å². The zero-order valence-corrected chi connectivity index (χ0v) is 10.4. The first kappa shape index (κ1) is 12.0. The number of carbonyl (C=O) groups is 2. The minimum atomic E-state index is -0.917. The maximum atomic E-state index is 12.2. The quantitative estimate of drug-likeness (QED) is 0.869. The van der Waals surface area contributed by atoms with Gasteiger partial charge in [-0.25, -0.2) is 9.78 Å². The van der Waals surface area contributed by atoms with E-state index in [1.165, 1.54) is 22.4 Å². The Bertz CT molecular complexity index is 444. The fourth-order valence-corrected chi connectivity index (χ4v) is 2.77. The first-order chi connectivity index (χ1) is 8.09. The zero-order valence-electron chi connectivity index (χ0n) is 9.55. The Morgan fingerprint density at radius 2 is 2.29 bits per heavy atom. The molecule has 0 radical (unpaired) electrons. The van der Waals surface area contributed by atoms with Gasteiger partial charge in [-0.1, -0.05) is 0 Å². The Morgan fingerprint density at radius 1 is 1.53 bits per heavy atom. The smallest absolute Gasteiger partial charge is 0.326 e. The molecule has 1 N–H and O–H groups in total. The van der Waals surface area contributed by atoms with Crippen molar-refractivity contribution in [2.24, 2.45) is 0 Å². The van der Waals surface area contributed by atoms with Crippen LogP contribution in [0, 0.1) is 6.92 Å². The first-order valence-electron chi connectivity index (χ1n) is 5.56. The summed E-state index contributed by atoms with van der Waals surface area (Å²) in [4.78, 5) is 29.3. The lowest BCUT2D eigenvalue weighted by molar-refractivity contribution is -0.143. The summed E-state index contributed by atoms with van der Waals surface area (Å²) in [5, 5.41) is 9.92. The number of likely N-dealkylation sites (tertiary alicyclic amines) is 1. The van der Waals surface area contributed by atoms with Crippen LogP contribution in [0.5, 0.6) is 0 Å². The predicted molar refractivity (Wildman–Crippen MR) is 63.2 cm³/mol. The largest absolute Gasteiger partial charge is 0.480 e. The van der Waals surface area contributed by atoms with Crippen molar-refractivity contribution in [3.63, 3.8) is 0 Å². The summed E-state index contributed by atoms with van der Waals surface area (Å²) in [6, 6.07) is -0.682. The third kappa shape index (κ3) is 2.46. The Kier molecular flexibility index (Phi) is 3.42. The van der Waals surface area contributed by atoms with Crippen LogP contribution in [0.15, 0.2) is 6.20 Å². The molecule has 92 valence electrons. The van der Waals surface area contributed by atoms with Crippen LogP contribution in [0.2, 0.25) is 0 Å². The number of aromatic nitrogens is 1. The number of rotatable bonds is 2. The molecule has 1 aromatic heterocycles. The lowest BCUT2D eigenvalue weighted by Crippen LogP contribution is -2.47. The van der Waals surface area contributed by atoms with Gasteiger partial charge in [0.05, 0.1) is 11.2 Å². The Balaban J connectivity index is 2.19. The Hall–Kier alpha value is -1.43. The number of aryl methyl sites for hydroxylation is 1. The summed E-state index contributed by atoms with van der Waals surface area (Å²) < 4.78 is 0. The van der Waals surface area contributed by atoms with Gasteiger partial charge in [0.1, 0.15) is 10.9 Å². The van der Waals surface area contributed by atoms with Crippen LogP contribution in [-0.2, 0) is 4.79 Å². The number of amides is 1. The fraction of sp³-hybridized carbons (Fsp3) is 0.545. The maximum absolute atomic E-state index is 12.2. The molecule has 0 unspecified atom stereocenters. The average Bonchev–Trinajstić information content (AvgIpc) is 2.75. The minimum Gasteiger partial charge on any atom is -0.480 e. The second-order valence-corrected chi connectivity index (χ2v) is 5.33. The molecule has 17 heavy (non-hydrogen) atoms. The molecule has 1 atom stereocenters. The maximum Gasteiger partial charge on any atom is 0.326 e. The van der Waals surface area contributed by atoms with Crippen LogP contribution in [-0.4, -0.2) is 39.5 Å². The van der Waals surface area contributed by atoms with E-state index in [9.17, 15) is 9.59 Å². The fourth-order valence-electron chi connectivity index (χ4n) is 2.03. The molecule has 1 aromatic rings. The van der Waals surface area contributed by atoms with Gasteiger partial charge in [-0.2, -0.15) is 0 Å². The highest BCUT2D eigenvalue weighted by Gasteiger charge is 2.33. The van der Waals surface area contributed by atoms with E-state index in [1.54, 1.807) is 0 Å². The molecular weight excluding hydrogens is 240 g/mol. The van der Waals surface area contributed by atoms with Crippen LogP contribution in [0.3, 0.4) is 0 Å². The molecule has 1 aliphatic heterocycles. The number of aliphatic carboxylic acids is 1. The molecule has 6 heteroatoms. The summed E-state index contributed by atoms with van der Waals surface area (Å²) in [6.45, 7) is 2.35. The topological polar surface area (TPSA) is 70.5 Å². The van der Waals surface area contributed by atoms with E-state index in [4.69, 9.17) is 5.11 Å². The summed E-state index contributed by atoms with van der Waals surface area (Å²) in [7, 11) is 0. The second-order valence-electron chi connectivity index (χ2n) is 4.09. The summed E-state index contributed by atoms with van der Waals surface area (Å²) >= 11 is 1.31. The first-order valence-corrected chi connectivity index (χ1v) is 6.37. The van der Waals surface area contributed by atoms with Crippen LogP contribution in [0.25, 0.3) is 0 Å². The van der Waals surface area contributed by atoms with Crippen molar-refractivity contribution >= 4 is 23.2 Å².